The second-order valence-corrected chi connectivity index (χ2v) is 12.2. The number of carbonyl (C=O) groups excluding carboxylic acids is 3. The summed E-state index contributed by atoms with van der Waals surface area (Å²) < 4.78 is 28.0. The standard InChI is InChI=1S/C32H33F2N5O3/c1-31(8-4-10-38(2)19-31)30(42)39(17-20-11-23(33)14-24(34)12-20)18-27(40)36-25-7-6-21-15-32(16-22(21)13-25)26-5-3-9-35-28(26)37-29(32)41/h3,5-7,9,11-14H,4,8,10,15-19H2,1-2H3,(H,36,40)(H,35,37,41)/t31?,32-/m1/s1. The number of nitrogens with one attached hydrogen (secondary N) is 2. The number of nitrogens with zero attached hydrogens (tertiary/aromatic N) is 3. The van der Waals surface area contributed by atoms with Gasteiger partial charge < -0.3 is 20.4 Å². The van der Waals surface area contributed by atoms with Crippen LogP contribution in [0.3, 0.4) is 0 Å². The number of benzene rings is 2. The van der Waals surface area contributed by atoms with Crippen LogP contribution in [0, 0.1) is 17.0 Å². The first-order valence-corrected chi connectivity index (χ1v) is 14.2. The third kappa shape index (κ3) is 5.15. The van der Waals surface area contributed by atoms with E-state index >= 15 is 0 Å². The number of hydrogen-bond donors (Lipinski definition) is 2. The van der Waals surface area contributed by atoms with E-state index in [1.54, 1.807) is 12.3 Å². The summed E-state index contributed by atoms with van der Waals surface area (Å²) in [5.41, 5.74) is 2.23. The fourth-order valence-corrected chi connectivity index (χ4v) is 6.89. The Kier molecular flexibility index (Phi) is 7.04. The van der Waals surface area contributed by atoms with Crippen LogP contribution in [0.2, 0.25) is 0 Å². The zero-order valence-corrected chi connectivity index (χ0v) is 23.7. The smallest absolute Gasteiger partial charge is 0.244 e. The highest BCUT2D eigenvalue weighted by Crippen LogP contribution is 2.47. The molecule has 10 heteroatoms. The summed E-state index contributed by atoms with van der Waals surface area (Å²) in [6, 6.07) is 12.5. The molecule has 2 aromatic carbocycles. The average molecular weight is 574 g/mol. The summed E-state index contributed by atoms with van der Waals surface area (Å²) in [5, 5.41) is 5.79. The molecule has 3 aromatic rings. The Morgan fingerprint density at radius 1 is 1.10 bits per heavy atom. The van der Waals surface area contributed by atoms with Crippen LogP contribution in [0.15, 0.2) is 54.7 Å². The maximum Gasteiger partial charge on any atom is 0.244 e. The molecule has 3 heterocycles. The maximum absolute atomic E-state index is 14.0. The second-order valence-electron chi connectivity index (χ2n) is 12.2. The number of aromatic nitrogens is 1. The molecule has 0 radical (unpaired) electrons. The quantitative estimate of drug-likeness (QED) is 0.464. The van der Waals surface area contributed by atoms with E-state index in [9.17, 15) is 23.2 Å². The van der Waals surface area contributed by atoms with Crippen molar-refractivity contribution in [3.8, 4) is 0 Å². The molecule has 0 saturated carbocycles. The number of anilines is 2. The highest BCUT2D eigenvalue weighted by molar-refractivity contribution is 6.06. The number of pyridine rings is 1. The minimum Gasteiger partial charge on any atom is -0.329 e. The van der Waals surface area contributed by atoms with E-state index < -0.39 is 28.4 Å². The van der Waals surface area contributed by atoms with Gasteiger partial charge in [-0.3, -0.25) is 14.4 Å². The van der Waals surface area contributed by atoms with Gasteiger partial charge in [-0.2, -0.15) is 0 Å². The Morgan fingerprint density at radius 3 is 2.62 bits per heavy atom. The molecule has 2 aliphatic heterocycles. The van der Waals surface area contributed by atoms with Crippen molar-refractivity contribution in [2.75, 3.05) is 37.3 Å². The molecule has 218 valence electrons. The Balaban J connectivity index is 1.20. The van der Waals surface area contributed by atoms with Crippen LogP contribution in [0.4, 0.5) is 20.3 Å². The number of carbonyl (C=O) groups is 3. The van der Waals surface area contributed by atoms with Crippen molar-refractivity contribution in [1.82, 2.24) is 14.8 Å². The molecule has 3 amide bonds. The van der Waals surface area contributed by atoms with E-state index in [1.807, 2.05) is 38.2 Å². The van der Waals surface area contributed by atoms with Gasteiger partial charge in [0.25, 0.3) is 0 Å². The Morgan fingerprint density at radius 2 is 1.86 bits per heavy atom. The first-order valence-electron chi connectivity index (χ1n) is 14.2. The molecule has 1 saturated heterocycles. The molecule has 0 bridgehead atoms. The molecule has 42 heavy (non-hydrogen) atoms. The average Bonchev–Trinajstić information content (AvgIpc) is 3.44. The lowest BCUT2D eigenvalue weighted by molar-refractivity contribution is -0.146. The van der Waals surface area contributed by atoms with Crippen LogP contribution in [0.1, 0.15) is 42.0 Å². The van der Waals surface area contributed by atoms with Crippen molar-refractivity contribution in [2.24, 2.45) is 5.41 Å². The van der Waals surface area contributed by atoms with Crippen molar-refractivity contribution in [2.45, 2.75) is 44.6 Å². The number of hydrogen-bond acceptors (Lipinski definition) is 5. The van der Waals surface area contributed by atoms with Crippen molar-refractivity contribution in [3.05, 3.63) is 88.6 Å². The molecule has 8 nitrogen and oxygen atoms in total. The van der Waals surface area contributed by atoms with E-state index in [0.717, 1.165) is 35.7 Å². The van der Waals surface area contributed by atoms with Crippen LogP contribution in [-0.4, -0.2) is 59.2 Å². The lowest BCUT2D eigenvalue weighted by atomic mass is 9.79. The predicted molar refractivity (Wildman–Crippen MR) is 154 cm³/mol. The molecule has 1 aliphatic carbocycles. The first kappa shape index (κ1) is 28.0. The number of fused-ring (bicyclic) bond motifs is 3. The summed E-state index contributed by atoms with van der Waals surface area (Å²) in [4.78, 5) is 48.0. The summed E-state index contributed by atoms with van der Waals surface area (Å²) in [6.07, 6.45) is 4.17. The molecule has 1 spiro atoms. The highest BCUT2D eigenvalue weighted by atomic mass is 19.1. The lowest BCUT2D eigenvalue weighted by Crippen LogP contribution is -2.52. The number of piperidine rings is 1. The third-order valence-corrected chi connectivity index (χ3v) is 8.79. The fraction of sp³-hybridized carbons (Fsp3) is 0.375. The SMILES string of the molecule is CN1CCCC(C)(C(=O)N(CC(=O)Nc2ccc3c(c2)C[C@@]2(C3)C(=O)Nc3ncccc32)Cc2cc(F)cc(F)c2)C1. The molecule has 2 atom stereocenters. The molecule has 3 aliphatic rings. The second kappa shape index (κ2) is 10.6. The van der Waals surface area contributed by atoms with Gasteiger partial charge in [0.15, 0.2) is 0 Å². The van der Waals surface area contributed by atoms with Crippen LogP contribution in [0.25, 0.3) is 0 Å². The van der Waals surface area contributed by atoms with Crippen LogP contribution >= 0.6 is 0 Å². The molecule has 1 fully saturated rings. The molecule has 1 unspecified atom stereocenters. The summed E-state index contributed by atoms with van der Waals surface area (Å²) in [7, 11) is 1.95. The van der Waals surface area contributed by atoms with Crippen molar-refractivity contribution < 1.29 is 23.2 Å². The summed E-state index contributed by atoms with van der Waals surface area (Å²) in [5.74, 6) is -1.63. The van der Waals surface area contributed by atoms with Gasteiger partial charge in [0.05, 0.1) is 10.8 Å². The molecule has 2 N–H and O–H groups in total. The molecular formula is C32H33F2N5O3. The van der Waals surface area contributed by atoms with Crippen LogP contribution in [0.5, 0.6) is 0 Å². The van der Waals surface area contributed by atoms with Crippen molar-refractivity contribution in [3.63, 3.8) is 0 Å². The maximum atomic E-state index is 14.0. The van der Waals surface area contributed by atoms with Gasteiger partial charge in [0.2, 0.25) is 17.7 Å². The molecular weight excluding hydrogens is 540 g/mol. The van der Waals surface area contributed by atoms with Gasteiger partial charge >= 0.3 is 0 Å². The van der Waals surface area contributed by atoms with Gasteiger partial charge in [-0.05, 0) is 93.2 Å². The predicted octanol–water partition coefficient (Wildman–Crippen LogP) is 4.05. The van der Waals surface area contributed by atoms with E-state index in [-0.39, 0.29) is 30.5 Å². The Bertz CT molecular complexity index is 1580. The van der Waals surface area contributed by atoms with Gasteiger partial charge in [0.1, 0.15) is 24.0 Å². The van der Waals surface area contributed by atoms with E-state index in [0.29, 0.717) is 37.3 Å². The Labute approximate surface area is 243 Å². The largest absolute Gasteiger partial charge is 0.329 e. The molecule has 6 rings (SSSR count). The van der Waals surface area contributed by atoms with Crippen molar-refractivity contribution in [1.29, 1.82) is 0 Å². The minimum absolute atomic E-state index is 0.0808. The number of likely N-dealkylation sites (tertiary alicyclic amines) is 1. The Hall–Kier alpha value is -4.18. The van der Waals surface area contributed by atoms with E-state index in [1.165, 1.54) is 17.0 Å². The summed E-state index contributed by atoms with van der Waals surface area (Å²) >= 11 is 0. The topological polar surface area (TPSA) is 94.6 Å². The lowest BCUT2D eigenvalue weighted by Gasteiger charge is -2.40. The monoisotopic (exact) mass is 573 g/mol. The number of halogens is 2. The summed E-state index contributed by atoms with van der Waals surface area (Å²) in [6.45, 7) is 2.90. The van der Waals surface area contributed by atoms with Crippen LogP contribution in [-0.2, 0) is 39.2 Å². The number of amides is 3. The van der Waals surface area contributed by atoms with E-state index in [2.05, 4.69) is 20.5 Å². The normalized spacial score (nSPS) is 22.9. The molecule has 1 aromatic heterocycles. The van der Waals surface area contributed by atoms with E-state index in [4.69, 9.17) is 0 Å². The van der Waals surface area contributed by atoms with Crippen molar-refractivity contribution >= 4 is 29.2 Å². The van der Waals surface area contributed by atoms with Gasteiger partial charge in [-0.15, -0.1) is 0 Å². The number of rotatable bonds is 6. The zero-order valence-electron chi connectivity index (χ0n) is 23.7. The highest BCUT2D eigenvalue weighted by Gasteiger charge is 2.51. The van der Waals surface area contributed by atoms with Gasteiger partial charge in [-0.1, -0.05) is 12.1 Å². The van der Waals surface area contributed by atoms with Gasteiger partial charge in [0, 0.05) is 36.6 Å². The van der Waals surface area contributed by atoms with Gasteiger partial charge in [-0.25, -0.2) is 13.8 Å². The third-order valence-electron chi connectivity index (χ3n) is 8.79. The fourth-order valence-electron chi connectivity index (χ4n) is 6.89. The first-order chi connectivity index (χ1) is 20.0. The minimum atomic E-state index is -0.740. The van der Waals surface area contributed by atoms with Crippen LogP contribution < -0.4 is 10.6 Å². The zero-order chi connectivity index (χ0) is 29.6.